The first-order chi connectivity index (χ1) is 8.19. The van der Waals surface area contributed by atoms with E-state index >= 15 is 0 Å². The summed E-state index contributed by atoms with van der Waals surface area (Å²) in [6, 6.07) is 0.113. The highest BCUT2D eigenvalue weighted by atomic mass is 35.5. The molecular formula is C12H20ClN3O. The lowest BCUT2D eigenvalue weighted by molar-refractivity contribution is 0.0185. The van der Waals surface area contributed by atoms with Crippen molar-refractivity contribution < 1.29 is 4.74 Å². The lowest BCUT2D eigenvalue weighted by Gasteiger charge is -2.27. The molecule has 0 aliphatic heterocycles. The maximum absolute atomic E-state index is 6.21. The third-order valence-electron chi connectivity index (χ3n) is 3.32. The summed E-state index contributed by atoms with van der Waals surface area (Å²) in [4.78, 5) is 0. The van der Waals surface area contributed by atoms with Gasteiger partial charge in [0.25, 0.3) is 0 Å². The number of likely N-dealkylation sites (N-methyl/N-ethyl adjacent to an activating group) is 1. The zero-order chi connectivity index (χ0) is 12.4. The van der Waals surface area contributed by atoms with Crippen molar-refractivity contribution in [3.05, 3.63) is 16.9 Å². The van der Waals surface area contributed by atoms with Crippen molar-refractivity contribution in [2.45, 2.75) is 31.9 Å². The van der Waals surface area contributed by atoms with Crippen molar-refractivity contribution in [1.29, 1.82) is 0 Å². The molecule has 2 rings (SSSR count). The number of hydrogen-bond donors (Lipinski definition) is 1. The first-order valence-corrected chi connectivity index (χ1v) is 6.53. The van der Waals surface area contributed by atoms with E-state index in [9.17, 15) is 0 Å². The number of halogens is 1. The van der Waals surface area contributed by atoms with Crippen LogP contribution in [-0.2, 0) is 11.8 Å². The molecule has 0 spiro atoms. The molecule has 1 aromatic heterocycles. The molecule has 0 saturated heterocycles. The maximum Gasteiger partial charge on any atom is 0.0835 e. The van der Waals surface area contributed by atoms with Crippen LogP contribution in [0.1, 0.15) is 31.5 Å². The van der Waals surface area contributed by atoms with Gasteiger partial charge in [-0.25, -0.2) is 0 Å². The molecule has 5 heteroatoms. The van der Waals surface area contributed by atoms with E-state index in [4.69, 9.17) is 16.3 Å². The fourth-order valence-electron chi connectivity index (χ4n) is 2.35. The predicted molar refractivity (Wildman–Crippen MR) is 68.2 cm³/mol. The average Bonchev–Trinajstić information content (AvgIpc) is 3.09. The first-order valence-electron chi connectivity index (χ1n) is 6.15. The van der Waals surface area contributed by atoms with Gasteiger partial charge in [0.15, 0.2) is 0 Å². The Morgan fingerprint density at radius 1 is 1.65 bits per heavy atom. The van der Waals surface area contributed by atoms with E-state index in [1.165, 1.54) is 12.8 Å². The van der Waals surface area contributed by atoms with E-state index in [1.807, 2.05) is 25.7 Å². The Labute approximate surface area is 107 Å². The molecule has 1 aromatic rings. The van der Waals surface area contributed by atoms with Crippen molar-refractivity contribution in [3.63, 3.8) is 0 Å². The van der Waals surface area contributed by atoms with Crippen LogP contribution in [0.5, 0.6) is 0 Å². The summed E-state index contributed by atoms with van der Waals surface area (Å²) >= 11 is 6.21. The van der Waals surface area contributed by atoms with E-state index in [0.29, 0.717) is 10.9 Å². The minimum absolute atomic E-state index is 0.113. The van der Waals surface area contributed by atoms with Gasteiger partial charge in [-0.15, -0.1) is 0 Å². The van der Waals surface area contributed by atoms with Gasteiger partial charge < -0.3 is 10.1 Å². The van der Waals surface area contributed by atoms with Gasteiger partial charge in [-0.2, -0.15) is 5.10 Å². The number of ether oxygens (including phenoxy) is 1. The highest BCUT2D eigenvalue weighted by Gasteiger charge is 2.39. The quantitative estimate of drug-likeness (QED) is 0.849. The Kier molecular flexibility index (Phi) is 4.07. The van der Waals surface area contributed by atoms with Gasteiger partial charge in [0.2, 0.25) is 0 Å². The number of aromatic nitrogens is 2. The predicted octanol–water partition coefficient (Wildman–Crippen LogP) is 2.15. The van der Waals surface area contributed by atoms with Crippen molar-refractivity contribution in [3.8, 4) is 0 Å². The zero-order valence-electron chi connectivity index (χ0n) is 10.6. The van der Waals surface area contributed by atoms with Crippen LogP contribution in [-0.4, -0.2) is 29.5 Å². The second-order valence-corrected chi connectivity index (χ2v) is 4.93. The van der Waals surface area contributed by atoms with Crippen LogP contribution in [0.3, 0.4) is 0 Å². The van der Waals surface area contributed by atoms with Crippen LogP contribution in [0.25, 0.3) is 0 Å². The standard InChI is InChI=1S/C12H20ClN3O/c1-4-17-12(8-5-6-8)10(14-2)11-9(13)7-15-16(11)3/h7-8,10,12,14H,4-6H2,1-3H3. The summed E-state index contributed by atoms with van der Waals surface area (Å²) in [6.45, 7) is 2.77. The van der Waals surface area contributed by atoms with E-state index in [2.05, 4.69) is 10.4 Å². The summed E-state index contributed by atoms with van der Waals surface area (Å²) < 4.78 is 7.72. The van der Waals surface area contributed by atoms with E-state index < -0.39 is 0 Å². The summed E-state index contributed by atoms with van der Waals surface area (Å²) in [5.74, 6) is 0.651. The molecule has 2 atom stereocenters. The lowest BCUT2D eigenvalue weighted by Crippen LogP contribution is -2.35. The Balaban J connectivity index is 2.24. The van der Waals surface area contributed by atoms with Crippen molar-refractivity contribution in [2.24, 2.45) is 13.0 Å². The highest BCUT2D eigenvalue weighted by Crippen LogP contribution is 2.41. The number of nitrogens with one attached hydrogen (secondary N) is 1. The number of aryl methyl sites for hydroxylation is 1. The normalized spacial score (nSPS) is 19.3. The largest absolute Gasteiger partial charge is 0.376 e. The number of hydrogen-bond acceptors (Lipinski definition) is 3. The van der Waals surface area contributed by atoms with E-state index in [0.717, 1.165) is 12.3 Å². The molecule has 0 radical (unpaired) electrons. The molecular weight excluding hydrogens is 238 g/mol. The molecule has 2 unspecified atom stereocenters. The van der Waals surface area contributed by atoms with E-state index in [-0.39, 0.29) is 12.1 Å². The molecule has 0 bridgehead atoms. The van der Waals surface area contributed by atoms with Gasteiger partial charge in [0.05, 0.1) is 29.1 Å². The van der Waals surface area contributed by atoms with Gasteiger partial charge in [0.1, 0.15) is 0 Å². The number of rotatable bonds is 6. The van der Waals surface area contributed by atoms with Crippen LogP contribution in [0.4, 0.5) is 0 Å². The van der Waals surface area contributed by atoms with Crippen LogP contribution in [0.2, 0.25) is 5.02 Å². The third-order valence-corrected chi connectivity index (χ3v) is 3.61. The smallest absolute Gasteiger partial charge is 0.0835 e. The van der Waals surface area contributed by atoms with Crippen LogP contribution >= 0.6 is 11.6 Å². The van der Waals surface area contributed by atoms with Gasteiger partial charge in [-0.3, -0.25) is 4.68 Å². The molecule has 96 valence electrons. The monoisotopic (exact) mass is 257 g/mol. The lowest BCUT2D eigenvalue weighted by atomic mass is 10.0. The summed E-state index contributed by atoms with van der Waals surface area (Å²) in [6.07, 6.45) is 4.38. The molecule has 1 fully saturated rings. The highest BCUT2D eigenvalue weighted by molar-refractivity contribution is 6.31. The molecule has 1 N–H and O–H groups in total. The third kappa shape index (κ3) is 2.64. The second kappa shape index (κ2) is 5.38. The zero-order valence-corrected chi connectivity index (χ0v) is 11.4. The van der Waals surface area contributed by atoms with Crippen LogP contribution < -0.4 is 5.32 Å². The summed E-state index contributed by atoms with van der Waals surface area (Å²) in [5, 5.41) is 8.22. The SMILES string of the molecule is CCOC(C1CC1)C(NC)c1c(Cl)cnn1C. The van der Waals surface area contributed by atoms with Crippen molar-refractivity contribution in [1.82, 2.24) is 15.1 Å². The van der Waals surface area contributed by atoms with Gasteiger partial charge >= 0.3 is 0 Å². The van der Waals surface area contributed by atoms with Crippen LogP contribution in [0, 0.1) is 5.92 Å². The molecule has 1 saturated carbocycles. The molecule has 1 aliphatic carbocycles. The van der Waals surface area contributed by atoms with Crippen molar-refractivity contribution in [2.75, 3.05) is 13.7 Å². The first kappa shape index (κ1) is 12.9. The Morgan fingerprint density at radius 3 is 2.76 bits per heavy atom. The maximum atomic E-state index is 6.21. The molecule has 0 amide bonds. The fourth-order valence-corrected chi connectivity index (χ4v) is 2.63. The minimum atomic E-state index is 0.113. The fraction of sp³-hybridized carbons (Fsp3) is 0.750. The van der Waals surface area contributed by atoms with E-state index in [1.54, 1.807) is 6.20 Å². The molecule has 1 heterocycles. The van der Waals surface area contributed by atoms with Crippen molar-refractivity contribution >= 4 is 11.6 Å². The Bertz CT molecular complexity index is 356. The second-order valence-electron chi connectivity index (χ2n) is 4.53. The molecule has 0 aromatic carbocycles. The Morgan fingerprint density at radius 2 is 2.35 bits per heavy atom. The molecule has 4 nitrogen and oxygen atoms in total. The van der Waals surface area contributed by atoms with Crippen LogP contribution in [0.15, 0.2) is 6.20 Å². The Hall–Kier alpha value is -0.580. The van der Waals surface area contributed by atoms with Gasteiger partial charge in [-0.05, 0) is 32.7 Å². The summed E-state index contributed by atoms with van der Waals surface area (Å²) in [7, 11) is 3.86. The molecule has 17 heavy (non-hydrogen) atoms. The minimum Gasteiger partial charge on any atom is -0.376 e. The number of nitrogens with zero attached hydrogens (tertiary/aromatic N) is 2. The van der Waals surface area contributed by atoms with Gasteiger partial charge in [-0.1, -0.05) is 11.6 Å². The summed E-state index contributed by atoms with van der Waals surface area (Å²) in [5.41, 5.74) is 1.01. The topological polar surface area (TPSA) is 39.1 Å². The molecule has 1 aliphatic rings. The van der Waals surface area contributed by atoms with Gasteiger partial charge in [0, 0.05) is 13.7 Å². The average molecular weight is 258 g/mol.